The Balaban J connectivity index is 1.95. The second-order valence-electron chi connectivity index (χ2n) is 8.13. The van der Waals surface area contributed by atoms with E-state index in [0.29, 0.717) is 6.61 Å². The molecule has 2 aliphatic carbocycles. The monoisotopic (exact) mass is 294 g/mol. The van der Waals surface area contributed by atoms with Gasteiger partial charge in [-0.25, -0.2) is 0 Å². The largest absolute Gasteiger partial charge is 0.396 e. The molecule has 0 aromatic carbocycles. The van der Waals surface area contributed by atoms with Crippen LogP contribution in [-0.2, 0) is 0 Å². The minimum atomic E-state index is 0.384. The van der Waals surface area contributed by atoms with E-state index in [0.717, 1.165) is 41.9 Å². The van der Waals surface area contributed by atoms with Crippen molar-refractivity contribution in [3.05, 3.63) is 0 Å². The highest BCUT2D eigenvalue weighted by Crippen LogP contribution is 2.49. The second-order valence-corrected chi connectivity index (χ2v) is 8.13. The molecule has 0 bridgehead atoms. The van der Waals surface area contributed by atoms with Crippen LogP contribution in [0.1, 0.15) is 85.0 Å². The molecule has 6 atom stereocenters. The van der Waals surface area contributed by atoms with Crippen molar-refractivity contribution in [2.75, 3.05) is 6.61 Å². The zero-order valence-corrected chi connectivity index (χ0v) is 14.7. The summed E-state index contributed by atoms with van der Waals surface area (Å²) < 4.78 is 0. The summed E-state index contributed by atoms with van der Waals surface area (Å²) in [7, 11) is 0. The van der Waals surface area contributed by atoms with Gasteiger partial charge in [0.05, 0.1) is 0 Å². The Morgan fingerprint density at radius 2 is 1.48 bits per heavy atom. The lowest BCUT2D eigenvalue weighted by atomic mass is 9.60. The normalized spacial score (nSPS) is 41.1. The first kappa shape index (κ1) is 17.3. The van der Waals surface area contributed by atoms with E-state index in [2.05, 4.69) is 20.8 Å². The fourth-order valence-corrected chi connectivity index (χ4v) is 5.62. The highest BCUT2D eigenvalue weighted by molar-refractivity contribution is 4.89. The quantitative estimate of drug-likeness (QED) is 0.669. The molecule has 21 heavy (non-hydrogen) atoms. The van der Waals surface area contributed by atoms with Gasteiger partial charge in [0.25, 0.3) is 0 Å². The SMILES string of the molecule is CCC1CC(C)CCC1C1CCC(CCCO)CC1CC. The lowest BCUT2D eigenvalue weighted by Crippen LogP contribution is -2.36. The summed E-state index contributed by atoms with van der Waals surface area (Å²) in [5, 5.41) is 9.07. The van der Waals surface area contributed by atoms with Crippen LogP contribution in [0, 0.1) is 35.5 Å². The maximum atomic E-state index is 9.07. The molecule has 124 valence electrons. The Bertz CT molecular complexity index is 288. The molecule has 0 heterocycles. The van der Waals surface area contributed by atoms with Gasteiger partial charge in [0.1, 0.15) is 0 Å². The number of aliphatic hydroxyl groups excluding tert-OH is 1. The first-order chi connectivity index (χ1) is 10.2. The lowest BCUT2D eigenvalue weighted by molar-refractivity contribution is 0.0423. The van der Waals surface area contributed by atoms with E-state index in [4.69, 9.17) is 5.11 Å². The van der Waals surface area contributed by atoms with Crippen LogP contribution in [0.25, 0.3) is 0 Å². The van der Waals surface area contributed by atoms with Gasteiger partial charge in [0.2, 0.25) is 0 Å². The summed E-state index contributed by atoms with van der Waals surface area (Å²) in [5.41, 5.74) is 0. The topological polar surface area (TPSA) is 20.2 Å². The Kier molecular flexibility index (Phi) is 7.05. The average molecular weight is 295 g/mol. The Hall–Kier alpha value is -0.0400. The van der Waals surface area contributed by atoms with Crippen molar-refractivity contribution >= 4 is 0 Å². The minimum Gasteiger partial charge on any atom is -0.396 e. The fourth-order valence-electron chi connectivity index (χ4n) is 5.62. The molecule has 2 saturated carbocycles. The van der Waals surface area contributed by atoms with Gasteiger partial charge in [-0.15, -0.1) is 0 Å². The number of hydrogen-bond acceptors (Lipinski definition) is 1. The maximum Gasteiger partial charge on any atom is 0.0431 e. The highest BCUT2D eigenvalue weighted by Gasteiger charge is 2.39. The smallest absolute Gasteiger partial charge is 0.0431 e. The summed E-state index contributed by atoms with van der Waals surface area (Å²) in [6.45, 7) is 7.68. The Morgan fingerprint density at radius 1 is 0.857 bits per heavy atom. The van der Waals surface area contributed by atoms with Gasteiger partial charge in [0, 0.05) is 6.61 Å². The van der Waals surface area contributed by atoms with E-state index in [9.17, 15) is 0 Å². The molecule has 0 amide bonds. The predicted molar refractivity (Wildman–Crippen MR) is 91.2 cm³/mol. The molecule has 0 aliphatic heterocycles. The van der Waals surface area contributed by atoms with Crippen molar-refractivity contribution in [3.8, 4) is 0 Å². The Morgan fingerprint density at radius 3 is 2.10 bits per heavy atom. The third-order valence-electron chi connectivity index (χ3n) is 6.82. The standard InChI is InChI=1S/C20H38O/c1-4-17-13-15(3)8-10-19(17)20-11-9-16(7-6-12-21)14-18(20)5-2/h15-21H,4-14H2,1-3H3. The molecule has 0 aromatic heterocycles. The van der Waals surface area contributed by atoms with Crippen molar-refractivity contribution in [1.82, 2.24) is 0 Å². The van der Waals surface area contributed by atoms with E-state index in [1.807, 2.05) is 0 Å². The van der Waals surface area contributed by atoms with Gasteiger partial charge in [-0.2, -0.15) is 0 Å². The molecule has 6 unspecified atom stereocenters. The van der Waals surface area contributed by atoms with Gasteiger partial charge >= 0.3 is 0 Å². The number of rotatable bonds is 6. The molecular formula is C20H38O. The predicted octanol–water partition coefficient (Wildman–Crippen LogP) is 5.66. The first-order valence-corrected chi connectivity index (χ1v) is 9.80. The minimum absolute atomic E-state index is 0.384. The van der Waals surface area contributed by atoms with E-state index >= 15 is 0 Å². The van der Waals surface area contributed by atoms with Crippen LogP contribution in [0.5, 0.6) is 0 Å². The molecule has 1 heteroatoms. The van der Waals surface area contributed by atoms with Gasteiger partial charge in [-0.1, -0.05) is 46.5 Å². The van der Waals surface area contributed by atoms with E-state index < -0.39 is 0 Å². The first-order valence-electron chi connectivity index (χ1n) is 9.80. The van der Waals surface area contributed by atoms with E-state index in [1.165, 1.54) is 57.8 Å². The molecule has 2 rings (SSSR count). The molecule has 0 radical (unpaired) electrons. The third kappa shape index (κ3) is 4.47. The maximum absolute atomic E-state index is 9.07. The van der Waals surface area contributed by atoms with Gasteiger partial charge < -0.3 is 5.11 Å². The van der Waals surface area contributed by atoms with Crippen LogP contribution >= 0.6 is 0 Å². The van der Waals surface area contributed by atoms with Gasteiger partial charge in [0.15, 0.2) is 0 Å². The van der Waals surface area contributed by atoms with Crippen LogP contribution < -0.4 is 0 Å². The summed E-state index contributed by atoms with van der Waals surface area (Å²) in [5.74, 6) is 5.87. The van der Waals surface area contributed by atoms with Crippen molar-refractivity contribution in [2.45, 2.75) is 85.0 Å². The van der Waals surface area contributed by atoms with Crippen LogP contribution in [0.4, 0.5) is 0 Å². The van der Waals surface area contributed by atoms with Gasteiger partial charge in [-0.05, 0) is 74.0 Å². The van der Waals surface area contributed by atoms with Gasteiger partial charge in [-0.3, -0.25) is 0 Å². The number of aliphatic hydroxyl groups is 1. The molecule has 1 nitrogen and oxygen atoms in total. The zero-order valence-electron chi connectivity index (χ0n) is 14.7. The van der Waals surface area contributed by atoms with E-state index in [-0.39, 0.29) is 0 Å². The molecule has 2 fully saturated rings. The molecular weight excluding hydrogens is 256 g/mol. The molecule has 0 spiro atoms. The number of hydrogen-bond donors (Lipinski definition) is 1. The van der Waals surface area contributed by atoms with Crippen LogP contribution in [0.15, 0.2) is 0 Å². The Labute approximate surface area is 132 Å². The summed E-state index contributed by atoms with van der Waals surface area (Å²) in [4.78, 5) is 0. The molecule has 1 N–H and O–H groups in total. The van der Waals surface area contributed by atoms with Crippen LogP contribution in [0.3, 0.4) is 0 Å². The summed E-state index contributed by atoms with van der Waals surface area (Å²) >= 11 is 0. The van der Waals surface area contributed by atoms with Crippen molar-refractivity contribution in [2.24, 2.45) is 35.5 Å². The van der Waals surface area contributed by atoms with Crippen molar-refractivity contribution in [3.63, 3.8) is 0 Å². The lowest BCUT2D eigenvalue weighted by Gasteiger charge is -2.46. The molecule has 2 aliphatic rings. The van der Waals surface area contributed by atoms with Crippen LogP contribution in [-0.4, -0.2) is 11.7 Å². The summed E-state index contributed by atoms with van der Waals surface area (Å²) in [6, 6.07) is 0. The average Bonchev–Trinajstić information content (AvgIpc) is 2.52. The fraction of sp³-hybridized carbons (Fsp3) is 1.00. The zero-order chi connectivity index (χ0) is 15.2. The highest BCUT2D eigenvalue weighted by atomic mass is 16.2. The second kappa shape index (κ2) is 8.56. The molecule has 0 aromatic rings. The van der Waals surface area contributed by atoms with Crippen LogP contribution in [0.2, 0.25) is 0 Å². The van der Waals surface area contributed by atoms with Crippen molar-refractivity contribution < 1.29 is 5.11 Å². The van der Waals surface area contributed by atoms with E-state index in [1.54, 1.807) is 0 Å². The third-order valence-corrected chi connectivity index (χ3v) is 6.82. The molecule has 0 saturated heterocycles. The van der Waals surface area contributed by atoms with Crippen molar-refractivity contribution in [1.29, 1.82) is 0 Å². The summed E-state index contributed by atoms with van der Waals surface area (Å²) in [6.07, 6.45) is 13.9.